The van der Waals surface area contributed by atoms with Gasteiger partial charge in [0.25, 0.3) is 5.91 Å². The summed E-state index contributed by atoms with van der Waals surface area (Å²) in [5.74, 6) is -0.220. The van der Waals surface area contributed by atoms with Gasteiger partial charge in [0.2, 0.25) is 0 Å². The van der Waals surface area contributed by atoms with Gasteiger partial charge in [0.15, 0.2) is 0 Å². The molecule has 0 aliphatic carbocycles. The number of alkyl halides is 3. The van der Waals surface area contributed by atoms with Crippen molar-refractivity contribution < 1.29 is 18.0 Å². The summed E-state index contributed by atoms with van der Waals surface area (Å²) in [6.45, 7) is 2.29. The van der Waals surface area contributed by atoms with Gasteiger partial charge in [-0.15, -0.1) is 36.2 Å². The number of nitrogens with zero attached hydrogens (tertiary/aromatic N) is 2. The lowest BCUT2D eigenvalue weighted by atomic mass is 10.1. The molecule has 3 N–H and O–H groups in total. The molecule has 1 aromatic heterocycles. The molecule has 1 aliphatic heterocycles. The van der Waals surface area contributed by atoms with E-state index in [0.29, 0.717) is 30.3 Å². The van der Waals surface area contributed by atoms with Crippen LogP contribution in [0.2, 0.25) is 0 Å². The van der Waals surface area contributed by atoms with Gasteiger partial charge in [-0.25, -0.2) is 4.98 Å². The first-order valence-electron chi connectivity index (χ1n) is 8.19. The van der Waals surface area contributed by atoms with Gasteiger partial charge in [-0.05, 0) is 24.1 Å². The average Bonchev–Trinajstić information content (AvgIpc) is 3.24. The maximum absolute atomic E-state index is 12.6. The predicted octanol–water partition coefficient (Wildman–Crippen LogP) is 3.47. The van der Waals surface area contributed by atoms with Crippen molar-refractivity contribution >= 4 is 42.1 Å². The number of nitrogens with one attached hydrogen (secondary N) is 1. The van der Waals surface area contributed by atoms with Crippen molar-refractivity contribution in [3.05, 3.63) is 51.5 Å². The predicted molar refractivity (Wildman–Crippen MR) is 107 cm³/mol. The summed E-state index contributed by atoms with van der Waals surface area (Å²) in [6, 6.07) is 5.19. The Labute approximate surface area is 177 Å². The van der Waals surface area contributed by atoms with Crippen molar-refractivity contribution in [2.75, 3.05) is 13.1 Å². The van der Waals surface area contributed by atoms with Gasteiger partial charge < -0.3 is 11.1 Å². The summed E-state index contributed by atoms with van der Waals surface area (Å²) in [7, 11) is 0. The van der Waals surface area contributed by atoms with Crippen LogP contribution in [0.15, 0.2) is 29.6 Å². The van der Waals surface area contributed by atoms with Crippen LogP contribution in [-0.4, -0.2) is 34.9 Å². The zero-order chi connectivity index (χ0) is 18.7. The van der Waals surface area contributed by atoms with Gasteiger partial charge in [-0.1, -0.05) is 12.1 Å². The topological polar surface area (TPSA) is 71.2 Å². The van der Waals surface area contributed by atoms with Crippen molar-refractivity contribution in [3.8, 4) is 0 Å². The Bertz CT molecular complexity index is 771. The molecule has 2 aromatic rings. The van der Waals surface area contributed by atoms with Gasteiger partial charge in [0.05, 0.1) is 5.56 Å². The molecule has 1 unspecified atom stereocenters. The second-order valence-corrected chi connectivity index (χ2v) is 7.16. The lowest BCUT2D eigenvalue weighted by Crippen LogP contribution is -2.37. The van der Waals surface area contributed by atoms with Crippen LogP contribution >= 0.6 is 36.2 Å². The highest BCUT2D eigenvalue weighted by molar-refractivity contribution is 7.09. The third-order valence-electron chi connectivity index (χ3n) is 4.25. The number of carbonyl (C=O) groups is 1. The Balaban J connectivity index is 0.00000196. The molecule has 11 heteroatoms. The molecule has 1 atom stereocenters. The summed E-state index contributed by atoms with van der Waals surface area (Å²) in [5, 5.41) is 5.35. The highest BCUT2D eigenvalue weighted by atomic mass is 35.5. The molecule has 28 heavy (non-hydrogen) atoms. The fourth-order valence-electron chi connectivity index (χ4n) is 2.92. The van der Waals surface area contributed by atoms with E-state index in [4.69, 9.17) is 5.73 Å². The first kappa shape index (κ1) is 24.6. The zero-order valence-electron chi connectivity index (χ0n) is 14.7. The number of amides is 1. The molecular weight excluding hydrogens is 436 g/mol. The molecule has 1 fully saturated rings. The molecule has 1 aromatic carbocycles. The summed E-state index contributed by atoms with van der Waals surface area (Å²) < 4.78 is 37.8. The number of hydrogen-bond donors (Lipinski definition) is 2. The number of thiazole rings is 1. The second kappa shape index (κ2) is 10.4. The molecule has 2 heterocycles. The molecule has 0 spiro atoms. The number of nitrogens with two attached hydrogens (primary N) is 1. The molecule has 1 amide bonds. The second-order valence-electron chi connectivity index (χ2n) is 6.22. The molecule has 0 saturated carbocycles. The van der Waals surface area contributed by atoms with Crippen molar-refractivity contribution in [2.45, 2.75) is 31.7 Å². The molecular formula is C17H21Cl2F3N4OS. The first-order chi connectivity index (χ1) is 12.3. The number of carbonyl (C=O) groups excluding carboxylic acids is 1. The molecule has 1 aliphatic rings. The summed E-state index contributed by atoms with van der Waals surface area (Å²) in [4.78, 5) is 18.5. The summed E-state index contributed by atoms with van der Waals surface area (Å²) >= 11 is 1.35. The van der Waals surface area contributed by atoms with Crippen LogP contribution in [0.3, 0.4) is 0 Å². The van der Waals surface area contributed by atoms with Crippen LogP contribution < -0.4 is 11.1 Å². The van der Waals surface area contributed by atoms with Crippen LogP contribution in [0.4, 0.5) is 13.2 Å². The van der Waals surface area contributed by atoms with Crippen LogP contribution in [0.1, 0.15) is 33.0 Å². The number of benzene rings is 1. The smallest absolute Gasteiger partial charge is 0.347 e. The minimum absolute atomic E-state index is 0. The molecule has 5 nitrogen and oxygen atoms in total. The van der Waals surface area contributed by atoms with Gasteiger partial charge in [0, 0.05) is 37.6 Å². The molecule has 0 bridgehead atoms. The van der Waals surface area contributed by atoms with Gasteiger partial charge in [0.1, 0.15) is 10.7 Å². The lowest BCUT2D eigenvalue weighted by Gasteiger charge is -2.17. The van der Waals surface area contributed by atoms with Crippen LogP contribution in [0.25, 0.3) is 0 Å². The van der Waals surface area contributed by atoms with Gasteiger partial charge in [-0.3, -0.25) is 9.69 Å². The van der Waals surface area contributed by atoms with Crippen molar-refractivity contribution in [2.24, 2.45) is 5.73 Å². The SMILES string of the molecule is Cl.Cl.NCc1nc(C(=O)NC2CCN(Cc3ccc(C(F)(F)F)cc3)C2)cs1. The van der Waals surface area contributed by atoms with Crippen LogP contribution in [-0.2, 0) is 19.3 Å². The van der Waals surface area contributed by atoms with E-state index in [0.717, 1.165) is 30.7 Å². The fraction of sp³-hybridized carbons (Fsp3) is 0.412. The van der Waals surface area contributed by atoms with E-state index in [1.807, 2.05) is 0 Å². The number of hydrogen-bond acceptors (Lipinski definition) is 5. The lowest BCUT2D eigenvalue weighted by molar-refractivity contribution is -0.137. The maximum Gasteiger partial charge on any atom is 0.416 e. The third-order valence-corrected chi connectivity index (χ3v) is 5.13. The van der Waals surface area contributed by atoms with Crippen LogP contribution in [0.5, 0.6) is 0 Å². The summed E-state index contributed by atoms with van der Waals surface area (Å²) in [5.41, 5.74) is 6.04. The van der Waals surface area contributed by atoms with Crippen molar-refractivity contribution in [1.82, 2.24) is 15.2 Å². The Morgan fingerprint density at radius 1 is 1.29 bits per heavy atom. The largest absolute Gasteiger partial charge is 0.416 e. The number of likely N-dealkylation sites (tertiary alicyclic amines) is 1. The standard InChI is InChI=1S/C17H19F3N4OS.2ClH/c18-17(19,20)12-3-1-11(2-4-12)8-24-6-5-13(9-24)22-16(25)14-10-26-15(7-21)23-14;;/h1-4,10,13H,5-9,21H2,(H,22,25);2*1H. The maximum atomic E-state index is 12.6. The highest BCUT2D eigenvalue weighted by Crippen LogP contribution is 2.29. The molecule has 3 rings (SSSR count). The average molecular weight is 457 g/mol. The van der Waals surface area contributed by atoms with Crippen molar-refractivity contribution in [1.29, 1.82) is 0 Å². The molecule has 1 saturated heterocycles. The Kier molecular flexibility index (Phi) is 9.16. The van der Waals surface area contributed by atoms with E-state index in [1.165, 1.54) is 23.5 Å². The molecule has 0 radical (unpaired) electrons. The minimum atomic E-state index is -4.32. The third kappa shape index (κ3) is 6.31. The number of aromatic nitrogens is 1. The number of rotatable bonds is 5. The zero-order valence-corrected chi connectivity index (χ0v) is 17.2. The molecule has 156 valence electrons. The fourth-order valence-corrected chi connectivity index (χ4v) is 3.57. The monoisotopic (exact) mass is 456 g/mol. The normalized spacial score (nSPS) is 16.9. The van der Waals surface area contributed by atoms with E-state index in [9.17, 15) is 18.0 Å². The van der Waals surface area contributed by atoms with Crippen molar-refractivity contribution in [3.63, 3.8) is 0 Å². The van der Waals surface area contributed by atoms with Gasteiger partial charge >= 0.3 is 6.18 Å². The summed E-state index contributed by atoms with van der Waals surface area (Å²) in [6.07, 6.45) is -3.53. The Hall–Kier alpha value is -1.39. The first-order valence-corrected chi connectivity index (χ1v) is 9.07. The van der Waals surface area contributed by atoms with E-state index < -0.39 is 11.7 Å². The number of halogens is 5. The van der Waals surface area contributed by atoms with E-state index >= 15 is 0 Å². The van der Waals surface area contributed by atoms with Crippen LogP contribution in [0, 0.1) is 0 Å². The Morgan fingerprint density at radius 2 is 1.96 bits per heavy atom. The van der Waals surface area contributed by atoms with E-state index in [-0.39, 0.29) is 36.8 Å². The van der Waals surface area contributed by atoms with Gasteiger partial charge in [-0.2, -0.15) is 13.2 Å². The highest BCUT2D eigenvalue weighted by Gasteiger charge is 2.30. The Morgan fingerprint density at radius 3 is 2.54 bits per heavy atom. The van der Waals surface area contributed by atoms with E-state index in [1.54, 1.807) is 5.38 Å². The minimum Gasteiger partial charge on any atom is -0.347 e. The quantitative estimate of drug-likeness (QED) is 0.722. The van der Waals surface area contributed by atoms with E-state index in [2.05, 4.69) is 15.2 Å².